The minimum atomic E-state index is -0.527. The molecule has 3 rings (SSSR count). The lowest BCUT2D eigenvalue weighted by molar-refractivity contribution is 0.0586. The number of methoxy groups -OCH3 is 1. The van der Waals surface area contributed by atoms with Gasteiger partial charge in [0, 0.05) is 6.04 Å². The number of thioether (sulfide) groups is 1. The van der Waals surface area contributed by atoms with Crippen molar-refractivity contribution < 1.29 is 9.53 Å². The highest BCUT2D eigenvalue weighted by molar-refractivity contribution is 7.98. The lowest BCUT2D eigenvalue weighted by Gasteiger charge is -2.39. The summed E-state index contributed by atoms with van der Waals surface area (Å²) in [6.07, 6.45) is 3.19. The summed E-state index contributed by atoms with van der Waals surface area (Å²) in [6, 6.07) is 0.507. The van der Waals surface area contributed by atoms with Crippen molar-refractivity contribution in [3.63, 3.8) is 0 Å². The van der Waals surface area contributed by atoms with E-state index in [9.17, 15) is 4.79 Å². The van der Waals surface area contributed by atoms with Crippen molar-refractivity contribution in [1.82, 2.24) is 24.6 Å². The molecule has 8 heteroatoms. The maximum Gasteiger partial charge on any atom is 0.376 e. The molecule has 0 bridgehead atoms. The molecular formula is C16H23N5O2S. The molecule has 2 aromatic heterocycles. The van der Waals surface area contributed by atoms with Crippen molar-refractivity contribution in [2.24, 2.45) is 0 Å². The number of hydrogen-bond acceptors (Lipinski definition) is 7. The van der Waals surface area contributed by atoms with Gasteiger partial charge in [-0.1, -0.05) is 0 Å². The monoisotopic (exact) mass is 349 g/mol. The number of nitrogens with zero attached hydrogens (tertiary/aromatic N) is 5. The van der Waals surface area contributed by atoms with E-state index in [4.69, 9.17) is 9.84 Å². The predicted octanol–water partition coefficient (Wildman–Crippen LogP) is 2.30. The molecule has 0 aliphatic carbocycles. The Morgan fingerprint density at radius 2 is 1.96 bits per heavy atom. The maximum absolute atomic E-state index is 11.9. The highest BCUT2D eigenvalue weighted by atomic mass is 32.2. The SMILES string of the molecule is COC(=O)c1nc(SC)c2c(C)nn(C(C)[C@H](C)N3CCC3)c2n1. The van der Waals surface area contributed by atoms with Gasteiger partial charge >= 0.3 is 5.97 Å². The Morgan fingerprint density at radius 1 is 1.25 bits per heavy atom. The molecule has 24 heavy (non-hydrogen) atoms. The van der Waals surface area contributed by atoms with E-state index in [0.717, 1.165) is 29.2 Å². The van der Waals surface area contributed by atoms with Crippen LogP contribution in [-0.2, 0) is 4.74 Å². The minimum absolute atomic E-state index is 0.0827. The van der Waals surface area contributed by atoms with Gasteiger partial charge in [0.05, 0.1) is 24.2 Å². The third kappa shape index (κ3) is 2.77. The quantitative estimate of drug-likeness (QED) is 0.466. The van der Waals surface area contributed by atoms with Gasteiger partial charge in [-0.15, -0.1) is 11.8 Å². The summed E-state index contributed by atoms with van der Waals surface area (Å²) in [5, 5.41) is 6.38. The summed E-state index contributed by atoms with van der Waals surface area (Å²) in [5.41, 5.74) is 1.58. The normalized spacial score (nSPS) is 17.5. The van der Waals surface area contributed by atoms with Crippen molar-refractivity contribution in [2.45, 2.75) is 44.3 Å². The number of rotatable bonds is 5. The molecule has 130 valence electrons. The molecular weight excluding hydrogens is 326 g/mol. The van der Waals surface area contributed by atoms with Gasteiger partial charge in [0.2, 0.25) is 5.82 Å². The number of carbonyl (C=O) groups is 1. The second-order valence-corrected chi connectivity index (χ2v) is 6.94. The highest BCUT2D eigenvalue weighted by Crippen LogP contribution is 2.30. The van der Waals surface area contributed by atoms with Gasteiger partial charge in [0.15, 0.2) is 5.65 Å². The number of ether oxygens (including phenoxy) is 1. The number of aryl methyl sites for hydroxylation is 1. The summed E-state index contributed by atoms with van der Waals surface area (Å²) >= 11 is 1.49. The van der Waals surface area contributed by atoms with Crippen LogP contribution in [0.3, 0.4) is 0 Å². The zero-order valence-corrected chi connectivity index (χ0v) is 15.6. The summed E-state index contributed by atoms with van der Waals surface area (Å²) < 4.78 is 6.72. The Kier molecular flexibility index (Phi) is 4.78. The van der Waals surface area contributed by atoms with Crippen LogP contribution < -0.4 is 0 Å². The van der Waals surface area contributed by atoms with Gasteiger partial charge in [-0.3, -0.25) is 4.90 Å². The molecule has 1 saturated heterocycles. The fourth-order valence-corrected chi connectivity index (χ4v) is 3.66. The molecule has 0 N–H and O–H groups in total. The zero-order chi connectivity index (χ0) is 17.4. The number of esters is 1. The first kappa shape index (κ1) is 17.2. The Balaban J connectivity index is 2.12. The molecule has 0 spiro atoms. The van der Waals surface area contributed by atoms with Gasteiger partial charge in [-0.05, 0) is 46.5 Å². The van der Waals surface area contributed by atoms with Crippen molar-refractivity contribution in [1.29, 1.82) is 0 Å². The van der Waals surface area contributed by atoms with Crippen molar-refractivity contribution in [2.75, 3.05) is 26.5 Å². The molecule has 2 atom stereocenters. The molecule has 0 amide bonds. The van der Waals surface area contributed by atoms with Crippen LogP contribution in [0.2, 0.25) is 0 Å². The molecule has 0 saturated carbocycles. The average Bonchev–Trinajstić information content (AvgIpc) is 2.87. The molecule has 1 unspecified atom stereocenters. The summed E-state index contributed by atoms with van der Waals surface area (Å²) in [4.78, 5) is 23.2. The highest BCUT2D eigenvalue weighted by Gasteiger charge is 2.29. The topological polar surface area (TPSA) is 73.1 Å². The summed E-state index contributed by atoms with van der Waals surface area (Å²) in [6.45, 7) is 8.57. The molecule has 1 fully saturated rings. The van der Waals surface area contributed by atoms with E-state index < -0.39 is 5.97 Å². The fraction of sp³-hybridized carbons (Fsp3) is 0.625. The molecule has 2 aromatic rings. The summed E-state index contributed by atoms with van der Waals surface area (Å²) in [7, 11) is 1.34. The molecule has 1 aliphatic rings. The Bertz CT molecular complexity index is 771. The smallest absolute Gasteiger partial charge is 0.376 e. The molecule has 7 nitrogen and oxygen atoms in total. The number of carbonyl (C=O) groups excluding carboxylic acids is 1. The number of likely N-dealkylation sites (tertiary alicyclic amines) is 1. The molecule has 0 aromatic carbocycles. The van der Waals surface area contributed by atoms with E-state index in [1.165, 1.54) is 25.3 Å². The number of fused-ring (bicyclic) bond motifs is 1. The van der Waals surface area contributed by atoms with Crippen LogP contribution in [0.15, 0.2) is 5.03 Å². The Morgan fingerprint density at radius 3 is 2.50 bits per heavy atom. The lowest BCUT2D eigenvalue weighted by atomic mass is 10.1. The van der Waals surface area contributed by atoms with Crippen LogP contribution in [0.1, 0.15) is 42.6 Å². The van der Waals surface area contributed by atoms with Crippen LogP contribution in [0, 0.1) is 6.92 Å². The standard InChI is InChI=1S/C16H23N5O2S/c1-9-12-14(17-13(16(22)23-4)18-15(12)24-5)21(19-9)11(3)10(2)20-7-6-8-20/h10-11H,6-8H2,1-5H3/t10-,11?/m0/s1. The first-order chi connectivity index (χ1) is 11.5. The minimum Gasteiger partial charge on any atom is -0.463 e. The van der Waals surface area contributed by atoms with E-state index in [2.05, 4.69) is 28.7 Å². The van der Waals surface area contributed by atoms with Crippen molar-refractivity contribution in [3.05, 3.63) is 11.5 Å². The van der Waals surface area contributed by atoms with Gasteiger partial charge < -0.3 is 4.74 Å². The van der Waals surface area contributed by atoms with Gasteiger partial charge in [0.1, 0.15) is 5.03 Å². The van der Waals surface area contributed by atoms with Crippen LogP contribution >= 0.6 is 11.8 Å². The molecule has 3 heterocycles. The number of aromatic nitrogens is 4. The van der Waals surface area contributed by atoms with Crippen LogP contribution in [0.5, 0.6) is 0 Å². The van der Waals surface area contributed by atoms with Gasteiger partial charge in [-0.25, -0.2) is 19.4 Å². The van der Waals surface area contributed by atoms with E-state index in [0.29, 0.717) is 11.7 Å². The van der Waals surface area contributed by atoms with Crippen LogP contribution in [-0.4, -0.2) is 63.1 Å². The van der Waals surface area contributed by atoms with E-state index >= 15 is 0 Å². The Labute approximate surface area is 145 Å². The van der Waals surface area contributed by atoms with Gasteiger partial charge in [0.25, 0.3) is 0 Å². The first-order valence-electron chi connectivity index (χ1n) is 8.11. The second-order valence-electron chi connectivity index (χ2n) is 6.15. The lowest BCUT2D eigenvalue weighted by Crippen LogP contribution is -2.47. The molecule has 1 aliphatic heterocycles. The maximum atomic E-state index is 11.9. The zero-order valence-electron chi connectivity index (χ0n) is 14.7. The van der Waals surface area contributed by atoms with Crippen LogP contribution in [0.25, 0.3) is 11.0 Å². The third-order valence-corrected chi connectivity index (χ3v) is 5.49. The van der Waals surface area contributed by atoms with Crippen LogP contribution in [0.4, 0.5) is 0 Å². The van der Waals surface area contributed by atoms with E-state index in [1.54, 1.807) is 0 Å². The fourth-order valence-electron chi connectivity index (χ4n) is 3.04. The van der Waals surface area contributed by atoms with E-state index in [1.807, 2.05) is 17.9 Å². The van der Waals surface area contributed by atoms with E-state index in [-0.39, 0.29) is 11.9 Å². The first-order valence-corrected chi connectivity index (χ1v) is 9.33. The van der Waals surface area contributed by atoms with Crippen molar-refractivity contribution in [3.8, 4) is 0 Å². The number of hydrogen-bond donors (Lipinski definition) is 0. The second kappa shape index (κ2) is 6.68. The average molecular weight is 349 g/mol. The third-order valence-electron chi connectivity index (χ3n) is 4.81. The largest absolute Gasteiger partial charge is 0.463 e. The van der Waals surface area contributed by atoms with Crippen molar-refractivity contribution >= 4 is 28.8 Å². The summed E-state index contributed by atoms with van der Waals surface area (Å²) in [5.74, 6) is -0.444. The van der Waals surface area contributed by atoms with Gasteiger partial charge in [-0.2, -0.15) is 5.10 Å². The Hall–Kier alpha value is -1.67. The predicted molar refractivity (Wildman–Crippen MR) is 93.5 cm³/mol. The molecule has 0 radical (unpaired) electrons.